The van der Waals surface area contributed by atoms with Crippen molar-refractivity contribution in [1.29, 1.82) is 0 Å². The number of hydrogen-bond donors (Lipinski definition) is 0. The zero-order valence-corrected chi connectivity index (χ0v) is 42.7. The first-order valence-electron chi connectivity index (χ1n) is 21.4. The molecular formula is C54H67O3PSi2. The maximum absolute atomic E-state index is 16.5. The van der Waals surface area contributed by atoms with E-state index < -0.39 is 24.9 Å². The normalized spacial score (nSPS) is 12.2. The summed E-state index contributed by atoms with van der Waals surface area (Å²) in [5.74, 6) is 0. The van der Waals surface area contributed by atoms with Crippen molar-refractivity contribution in [3.05, 3.63) is 173 Å². The van der Waals surface area contributed by atoms with Gasteiger partial charge >= 0.3 is 8.25 Å². The quantitative estimate of drug-likeness (QED) is 0.0783. The molecule has 0 amide bonds. The zero-order chi connectivity index (χ0) is 44.3. The topological polar surface area (TPSA) is 35.5 Å². The molecule has 6 rings (SSSR count). The number of benzene rings is 6. The van der Waals surface area contributed by atoms with Crippen LogP contribution >= 0.6 is 8.25 Å². The predicted octanol–water partition coefficient (Wildman–Crippen LogP) is 10.3. The molecule has 3 nitrogen and oxygen atoms in total. The molecule has 0 heterocycles. The summed E-state index contributed by atoms with van der Waals surface area (Å²) < 4.78 is 32.3. The van der Waals surface area contributed by atoms with Crippen molar-refractivity contribution in [3.8, 4) is 0 Å². The van der Waals surface area contributed by atoms with Gasteiger partial charge in [0.1, 0.15) is 0 Å². The maximum Gasteiger partial charge on any atom is 0.301 e. The highest BCUT2D eigenvalue weighted by Crippen LogP contribution is 2.38. The smallest absolute Gasteiger partial charge is 0.301 e. The molecule has 0 bridgehead atoms. The lowest BCUT2D eigenvalue weighted by atomic mass is 10.1. The molecule has 6 aromatic carbocycles. The molecule has 6 heteroatoms. The summed E-state index contributed by atoms with van der Waals surface area (Å²) in [5.41, 5.74) is 21.0. The molecule has 0 saturated heterocycles. The van der Waals surface area contributed by atoms with E-state index in [-0.39, 0.29) is 0 Å². The van der Waals surface area contributed by atoms with Crippen molar-refractivity contribution in [2.45, 2.75) is 125 Å². The second-order valence-corrected chi connectivity index (χ2v) is 26.3. The number of hydrogen-bond acceptors (Lipinski definition) is 3. The highest BCUT2D eigenvalue weighted by atomic mass is 31.1. The molecular weight excluding hydrogens is 784 g/mol. The molecule has 0 spiro atoms. The maximum atomic E-state index is 16.5. The van der Waals surface area contributed by atoms with Crippen LogP contribution < -0.4 is 31.1 Å². The van der Waals surface area contributed by atoms with E-state index in [2.05, 4.69) is 197 Å². The van der Waals surface area contributed by atoms with Gasteiger partial charge in [0.2, 0.25) is 0 Å². The van der Waals surface area contributed by atoms with Crippen molar-refractivity contribution < 1.29 is 13.0 Å². The SMILES string of the molecule is Cc1cc(C)c([Si](O[PH](=O)O[Si](c2c(C)cc(C)cc2C)(c2c(C)cc(C)cc2C)c2c(C)cc(C)cc2C)(c2c(C)cc(C)cc2C)c2c(C)cc(C)cc2C)c(C)c1. The third kappa shape index (κ3) is 7.93. The van der Waals surface area contributed by atoms with Crippen molar-refractivity contribution >= 4 is 56.0 Å². The van der Waals surface area contributed by atoms with Gasteiger partial charge in [-0.2, -0.15) is 0 Å². The summed E-state index contributed by atoms with van der Waals surface area (Å²) in [6.45, 7) is 39.5. The Morgan fingerprint density at radius 2 is 0.383 bits per heavy atom. The van der Waals surface area contributed by atoms with Crippen LogP contribution in [0.5, 0.6) is 0 Å². The molecule has 0 aliphatic heterocycles. The lowest BCUT2D eigenvalue weighted by Gasteiger charge is -2.42. The molecule has 0 aliphatic rings. The van der Waals surface area contributed by atoms with Gasteiger partial charge in [-0.1, -0.05) is 106 Å². The van der Waals surface area contributed by atoms with Crippen molar-refractivity contribution in [2.24, 2.45) is 0 Å². The van der Waals surface area contributed by atoms with Crippen LogP contribution in [0.15, 0.2) is 72.8 Å². The Morgan fingerprint density at radius 3 is 0.500 bits per heavy atom. The van der Waals surface area contributed by atoms with Crippen LogP contribution in [0.2, 0.25) is 0 Å². The third-order valence-corrected chi connectivity index (χ3v) is 25.4. The molecule has 0 N–H and O–H groups in total. The standard InChI is InChI=1S/C54H67O3PSi2/c1-31-19-37(7)49(38(8)20-31)59(50-39(9)21-32(2)22-40(50)10,51-41(11)23-33(3)24-42(51)12)56-58(55)57-60(52-43(13)25-34(4)26-44(52)14,53-45(15)27-35(5)28-46(53)16)54-47(17)29-36(6)30-48(54)18/h19-30,58H,1-18H3. The largest absolute Gasteiger partial charge is 0.339 e. The van der Waals surface area contributed by atoms with E-state index in [9.17, 15) is 0 Å². The number of rotatable bonds is 10. The fourth-order valence-electron chi connectivity index (χ4n) is 11.7. The second-order valence-electron chi connectivity index (χ2n) is 18.5. The molecule has 0 aliphatic carbocycles. The Labute approximate surface area is 364 Å². The van der Waals surface area contributed by atoms with Gasteiger partial charge in [0, 0.05) is 0 Å². The molecule has 0 radical (unpaired) electrons. The van der Waals surface area contributed by atoms with Crippen molar-refractivity contribution in [3.63, 3.8) is 0 Å². The predicted molar refractivity (Wildman–Crippen MR) is 264 cm³/mol. The van der Waals surface area contributed by atoms with E-state index in [1.165, 1.54) is 33.4 Å². The summed E-state index contributed by atoms with van der Waals surface area (Å²) >= 11 is 0. The van der Waals surface area contributed by atoms with E-state index in [0.717, 1.165) is 97.9 Å². The summed E-state index contributed by atoms with van der Waals surface area (Å²) in [4.78, 5) is 0. The molecule has 0 saturated carbocycles. The summed E-state index contributed by atoms with van der Waals surface area (Å²) in [6.07, 6.45) is 0. The first-order chi connectivity index (χ1) is 28.0. The summed E-state index contributed by atoms with van der Waals surface area (Å²) in [5, 5.41) is 6.92. The average Bonchev–Trinajstić information content (AvgIpc) is 3.05. The first kappa shape index (κ1) is 45.4. The molecule has 6 aromatic rings. The van der Waals surface area contributed by atoms with Gasteiger partial charge in [0.25, 0.3) is 16.6 Å². The van der Waals surface area contributed by atoms with Gasteiger partial charge < -0.3 is 8.43 Å². The van der Waals surface area contributed by atoms with Crippen LogP contribution in [-0.4, -0.2) is 16.6 Å². The fraction of sp³-hybridized carbons (Fsp3) is 0.333. The highest BCUT2D eigenvalue weighted by Gasteiger charge is 2.54. The molecule has 0 aromatic heterocycles. The minimum Gasteiger partial charge on any atom is -0.339 e. The van der Waals surface area contributed by atoms with E-state index in [1.807, 2.05) is 0 Å². The summed E-state index contributed by atoms with van der Waals surface area (Å²) in [7, 11) is -10.8. The lowest BCUT2D eigenvalue weighted by molar-refractivity contribution is 0.423. The number of aryl methyl sites for hydroxylation is 18. The Morgan fingerprint density at radius 1 is 0.267 bits per heavy atom. The van der Waals surface area contributed by atoms with E-state index in [1.54, 1.807) is 0 Å². The first-order valence-corrected chi connectivity index (χ1v) is 26.5. The minimum absolute atomic E-state index is 1.15. The van der Waals surface area contributed by atoms with Crippen molar-refractivity contribution in [1.82, 2.24) is 0 Å². The molecule has 0 fully saturated rings. The van der Waals surface area contributed by atoms with Gasteiger partial charge in [-0.15, -0.1) is 0 Å². The Balaban J connectivity index is 1.83. The van der Waals surface area contributed by atoms with Crippen LogP contribution in [0.1, 0.15) is 100 Å². The van der Waals surface area contributed by atoms with E-state index in [0.29, 0.717) is 0 Å². The van der Waals surface area contributed by atoms with Gasteiger partial charge in [-0.3, -0.25) is 4.57 Å². The van der Waals surface area contributed by atoms with Crippen LogP contribution in [0.3, 0.4) is 0 Å². The van der Waals surface area contributed by atoms with Crippen LogP contribution in [0.4, 0.5) is 0 Å². The Bertz CT molecular complexity index is 2120. The fourth-order valence-corrected chi connectivity index (χ4v) is 25.8. The van der Waals surface area contributed by atoms with Gasteiger partial charge in [0.05, 0.1) is 0 Å². The van der Waals surface area contributed by atoms with Crippen LogP contribution in [0.25, 0.3) is 0 Å². The minimum atomic E-state index is -3.70. The molecule has 0 atom stereocenters. The molecule has 0 unspecified atom stereocenters. The van der Waals surface area contributed by atoms with Crippen LogP contribution in [0, 0.1) is 125 Å². The Hall–Kier alpha value is -4.10. The van der Waals surface area contributed by atoms with Gasteiger partial charge in [-0.05, 0) is 223 Å². The summed E-state index contributed by atoms with van der Waals surface area (Å²) in [6, 6.07) is 27.3. The van der Waals surface area contributed by atoms with E-state index >= 15 is 4.57 Å². The Kier molecular flexibility index (Phi) is 12.9. The lowest BCUT2D eigenvalue weighted by Crippen LogP contribution is -2.74. The second kappa shape index (κ2) is 17.0. The highest BCUT2D eigenvalue weighted by molar-refractivity contribution is 7.42. The van der Waals surface area contributed by atoms with Crippen LogP contribution in [-0.2, 0) is 13.0 Å². The van der Waals surface area contributed by atoms with Gasteiger partial charge in [0.15, 0.2) is 0 Å². The molecule has 60 heavy (non-hydrogen) atoms. The zero-order valence-electron chi connectivity index (χ0n) is 39.7. The van der Waals surface area contributed by atoms with E-state index in [4.69, 9.17) is 8.43 Å². The third-order valence-electron chi connectivity index (χ3n) is 12.6. The van der Waals surface area contributed by atoms with Crippen molar-refractivity contribution in [2.75, 3.05) is 0 Å². The van der Waals surface area contributed by atoms with Gasteiger partial charge in [-0.25, -0.2) is 0 Å². The average molecular weight is 851 g/mol. The molecule has 314 valence electrons. The monoisotopic (exact) mass is 850 g/mol.